The molecule has 0 fully saturated rings. The molecule has 0 amide bonds. The molecule has 0 aliphatic rings. The fourth-order valence-corrected chi connectivity index (χ4v) is 2.25. The molecule has 2 aromatic rings. The Labute approximate surface area is 124 Å². The van der Waals surface area contributed by atoms with E-state index in [2.05, 4.69) is 12.2 Å². The first-order chi connectivity index (χ1) is 10.2. The lowest BCUT2D eigenvalue weighted by molar-refractivity contribution is 0.0699. The van der Waals surface area contributed by atoms with Crippen LogP contribution < -0.4 is 5.32 Å². The molecule has 0 bridgehead atoms. The average molecular weight is 287 g/mol. The maximum Gasteiger partial charge on any atom is 0.336 e. The Kier molecular flexibility index (Phi) is 5.58. The van der Waals surface area contributed by atoms with Gasteiger partial charge in [0.15, 0.2) is 0 Å². The zero-order chi connectivity index (χ0) is 15.1. The van der Waals surface area contributed by atoms with Crippen molar-refractivity contribution in [3.63, 3.8) is 0 Å². The number of benzene rings is 2. The summed E-state index contributed by atoms with van der Waals surface area (Å²) in [5.74, 6) is -0.902. The number of aromatic carboxylic acids is 1. The summed E-state index contributed by atoms with van der Waals surface area (Å²) in [4.78, 5) is 11.2. The van der Waals surface area contributed by atoms with E-state index in [0.29, 0.717) is 18.7 Å². The zero-order valence-corrected chi connectivity index (χ0v) is 12.3. The summed E-state index contributed by atoms with van der Waals surface area (Å²) in [7, 11) is 0. The van der Waals surface area contributed by atoms with Crippen molar-refractivity contribution in [2.45, 2.75) is 19.8 Å². The van der Waals surface area contributed by atoms with Crippen LogP contribution in [0.2, 0.25) is 0 Å². The van der Waals surface area contributed by atoms with Crippen LogP contribution in [0, 0.1) is 0 Å². The third-order valence-corrected chi connectivity index (χ3v) is 3.36. The highest BCUT2D eigenvalue weighted by atomic mass is 16.5. The van der Waals surface area contributed by atoms with E-state index in [9.17, 15) is 9.90 Å². The standard InChI is InChI=1S/C17H21NO3/c1-2-3-11-21-12-10-18-16-9-8-15(17(19)20)13-6-4-5-7-14(13)16/h4-9,18H,2-3,10-12H2,1H3,(H,19,20). The van der Waals surface area contributed by atoms with Crippen LogP contribution in [-0.2, 0) is 4.74 Å². The molecule has 2 N–H and O–H groups in total. The van der Waals surface area contributed by atoms with E-state index in [-0.39, 0.29) is 0 Å². The molecule has 0 spiro atoms. The lowest BCUT2D eigenvalue weighted by atomic mass is 10.0. The Balaban J connectivity index is 2.07. The van der Waals surface area contributed by atoms with Crippen LogP contribution in [0.1, 0.15) is 30.1 Å². The van der Waals surface area contributed by atoms with Crippen molar-refractivity contribution >= 4 is 22.4 Å². The van der Waals surface area contributed by atoms with Crippen molar-refractivity contribution < 1.29 is 14.6 Å². The Bertz CT molecular complexity index is 610. The second-order valence-corrected chi connectivity index (χ2v) is 4.90. The molecule has 0 atom stereocenters. The monoisotopic (exact) mass is 287 g/mol. The number of carboxylic acids is 1. The van der Waals surface area contributed by atoms with Gasteiger partial charge in [-0.15, -0.1) is 0 Å². The summed E-state index contributed by atoms with van der Waals surface area (Å²) in [5, 5.41) is 14.2. The molecule has 0 aliphatic carbocycles. The third-order valence-electron chi connectivity index (χ3n) is 3.36. The Morgan fingerprint density at radius 1 is 1.14 bits per heavy atom. The number of rotatable bonds is 8. The molecule has 2 rings (SSSR count). The second kappa shape index (κ2) is 7.64. The van der Waals surface area contributed by atoms with E-state index in [0.717, 1.165) is 35.9 Å². The summed E-state index contributed by atoms with van der Waals surface area (Å²) in [5.41, 5.74) is 1.27. The fraction of sp³-hybridized carbons (Fsp3) is 0.353. The number of unbranched alkanes of at least 4 members (excludes halogenated alkanes) is 1. The van der Waals surface area contributed by atoms with Crippen molar-refractivity contribution in [3.8, 4) is 0 Å². The lowest BCUT2D eigenvalue weighted by Gasteiger charge is -2.11. The molecule has 21 heavy (non-hydrogen) atoms. The zero-order valence-electron chi connectivity index (χ0n) is 12.3. The Morgan fingerprint density at radius 2 is 1.90 bits per heavy atom. The predicted octanol–water partition coefficient (Wildman–Crippen LogP) is 3.77. The Hall–Kier alpha value is -2.07. The highest BCUT2D eigenvalue weighted by Crippen LogP contribution is 2.26. The first-order valence-electron chi connectivity index (χ1n) is 7.30. The van der Waals surface area contributed by atoms with E-state index in [4.69, 9.17) is 4.74 Å². The third kappa shape index (κ3) is 3.95. The number of fused-ring (bicyclic) bond motifs is 1. The van der Waals surface area contributed by atoms with Gasteiger partial charge < -0.3 is 15.2 Å². The number of nitrogens with one attached hydrogen (secondary N) is 1. The van der Waals surface area contributed by atoms with Crippen molar-refractivity contribution in [2.75, 3.05) is 25.1 Å². The molecular formula is C17H21NO3. The van der Waals surface area contributed by atoms with Gasteiger partial charge in [0.25, 0.3) is 0 Å². The van der Waals surface area contributed by atoms with Gasteiger partial charge in [-0.1, -0.05) is 37.6 Å². The van der Waals surface area contributed by atoms with Crippen LogP contribution in [-0.4, -0.2) is 30.8 Å². The van der Waals surface area contributed by atoms with Crippen LogP contribution in [0.3, 0.4) is 0 Å². The quantitative estimate of drug-likeness (QED) is 0.726. The molecule has 0 radical (unpaired) electrons. The van der Waals surface area contributed by atoms with Crippen LogP contribution in [0.15, 0.2) is 36.4 Å². The molecule has 4 nitrogen and oxygen atoms in total. The topological polar surface area (TPSA) is 58.6 Å². The van der Waals surface area contributed by atoms with Gasteiger partial charge in [-0.3, -0.25) is 0 Å². The summed E-state index contributed by atoms with van der Waals surface area (Å²) >= 11 is 0. The molecule has 0 saturated carbocycles. The minimum atomic E-state index is -0.902. The van der Waals surface area contributed by atoms with Crippen molar-refractivity contribution in [1.82, 2.24) is 0 Å². The first-order valence-corrected chi connectivity index (χ1v) is 7.30. The van der Waals surface area contributed by atoms with Gasteiger partial charge in [-0.2, -0.15) is 0 Å². The molecule has 0 aromatic heterocycles. The van der Waals surface area contributed by atoms with Gasteiger partial charge in [0.1, 0.15) is 0 Å². The second-order valence-electron chi connectivity index (χ2n) is 4.90. The molecule has 2 aromatic carbocycles. The van der Waals surface area contributed by atoms with Crippen molar-refractivity contribution in [3.05, 3.63) is 42.0 Å². The molecule has 0 heterocycles. The normalized spacial score (nSPS) is 10.7. The number of ether oxygens (including phenoxy) is 1. The number of hydrogen-bond acceptors (Lipinski definition) is 3. The van der Waals surface area contributed by atoms with Gasteiger partial charge in [0.2, 0.25) is 0 Å². The maximum atomic E-state index is 11.2. The van der Waals surface area contributed by atoms with Crippen LogP contribution in [0.5, 0.6) is 0 Å². The summed E-state index contributed by atoms with van der Waals surface area (Å²) < 4.78 is 5.51. The predicted molar refractivity (Wildman–Crippen MR) is 85.1 cm³/mol. The first kappa shape index (κ1) is 15.3. The minimum absolute atomic E-state index is 0.329. The molecule has 4 heteroatoms. The fourth-order valence-electron chi connectivity index (χ4n) is 2.25. The summed E-state index contributed by atoms with van der Waals surface area (Å²) in [6.45, 7) is 4.28. The van der Waals surface area contributed by atoms with E-state index in [1.54, 1.807) is 6.07 Å². The van der Waals surface area contributed by atoms with Crippen LogP contribution >= 0.6 is 0 Å². The summed E-state index contributed by atoms with van der Waals surface area (Å²) in [6.07, 6.45) is 2.21. The van der Waals surface area contributed by atoms with Gasteiger partial charge >= 0.3 is 5.97 Å². The molecule has 0 saturated heterocycles. The molecule has 0 unspecified atom stereocenters. The number of hydrogen-bond donors (Lipinski definition) is 2. The van der Waals surface area contributed by atoms with E-state index in [1.165, 1.54) is 0 Å². The van der Waals surface area contributed by atoms with Crippen molar-refractivity contribution in [1.29, 1.82) is 0 Å². The Morgan fingerprint density at radius 3 is 2.62 bits per heavy atom. The van der Waals surface area contributed by atoms with E-state index >= 15 is 0 Å². The molecule has 0 aliphatic heterocycles. The number of carbonyl (C=O) groups is 1. The van der Waals surface area contributed by atoms with Gasteiger partial charge in [0, 0.05) is 24.2 Å². The minimum Gasteiger partial charge on any atom is -0.478 e. The van der Waals surface area contributed by atoms with E-state index < -0.39 is 5.97 Å². The van der Waals surface area contributed by atoms with E-state index in [1.807, 2.05) is 30.3 Å². The van der Waals surface area contributed by atoms with Crippen LogP contribution in [0.25, 0.3) is 10.8 Å². The molecule has 112 valence electrons. The van der Waals surface area contributed by atoms with Gasteiger partial charge in [-0.05, 0) is 23.9 Å². The summed E-state index contributed by atoms with van der Waals surface area (Å²) in [6, 6.07) is 11.0. The largest absolute Gasteiger partial charge is 0.478 e. The highest BCUT2D eigenvalue weighted by molar-refractivity contribution is 6.07. The van der Waals surface area contributed by atoms with Gasteiger partial charge in [-0.25, -0.2) is 4.79 Å². The number of anilines is 1. The number of carboxylic acid groups (broad SMARTS) is 1. The SMILES string of the molecule is CCCCOCCNc1ccc(C(=O)O)c2ccccc12. The van der Waals surface area contributed by atoms with Crippen molar-refractivity contribution in [2.24, 2.45) is 0 Å². The lowest BCUT2D eigenvalue weighted by Crippen LogP contribution is -2.10. The van der Waals surface area contributed by atoms with Crippen LogP contribution in [0.4, 0.5) is 5.69 Å². The smallest absolute Gasteiger partial charge is 0.336 e. The highest BCUT2D eigenvalue weighted by Gasteiger charge is 2.10. The average Bonchev–Trinajstić information content (AvgIpc) is 2.50. The maximum absolute atomic E-state index is 11.2. The van der Waals surface area contributed by atoms with Gasteiger partial charge in [0.05, 0.1) is 12.2 Å². The molecular weight excluding hydrogens is 266 g/mol.